The van der Waals surface area contributed by atoms with Crippen LogP contribution in [0.25, 0.3) is 0 Å². The fourth-order valence-corrected chi connectivity index (χ4v) is 2.03. The number of carbonyl (C=O) groups is 2. The van der Waals surface area contributed by atoms with Crippen molar-refractivity contribution >= 4 is 11.9 Å². The van der Waals surface area contributed by atoms with Gasteiger partial charge in [0.1, 0.15) is 6.04 Å². The van der Waals surface area contributed by atoms with E-state index in [1.165, 1.54) is 5.56 Å². The van der Waals surface area contributed by atoms with E-state index in [1.54, 1.807) is 0 Å². The molecule has 0 spiro atoms. The van der Waals surface area contributed by atoms with E-state index in [0.717, 1.165) is 19.3 Å². The second-order valence-electron chi connectivity index (χ2n) is 5.11. The van der Waals surface area contributed by atoms with Gasteiger partial charge >= 0.3 is 5.97 Å². The molecular weight excluding hydrogens is 254 g/mol. The van der Waals surface area contributed by atoms with Crippen LogP contribution in [0.15, 0.2) is 30.3 Å². The molecule has 2 unspecified atom stereocenters. The van der Waals surface area contributed by atoms with Crippen LogP contribution in [0, 0.1) is 5.92 Å². The maximum atomic E-state index is 11.8. The highest BCUT2D eigenvalue weighted by Crippen LogP contribution is 2.09. The Morgan fingerprint density at radius 2 is 1.90 bits per heavy atom. The smallest absolute Gasteiger partial charge is 0.326 e. The summed E-state index contributed by atoms with van der Waals surface area (Å²) < 4.78 is 0. The number of rotatable bonds is 8. The van der Waals surface area contributed by atoms with Crippen LogP contribution in [-0.2, 0) is 16.0 Å². The largest absolute Gasteiger partial charge is 0.480 e. The van der Waals surface area contributed by atoms with E-state index in [4.69, 9.17) is 5.11 Å². The molecule has 0 saturated heterocycles. The van der Waals surface area contributed by atoms with Gasteiger partial charge in [0.15, 0.2) is 0 Å². The highest BCUT2D eigenvalue weighted by molar-refractivity contribution is 5.83. The van der Waals surface area contributed by atoms with Crippen molar-refractivity contribution in [1.82, 2.24) is 5.32 Å². The third kappa shape index (κ3) is 5.43. The molecule has 1 rings (SSSR count). The van der Waals surface area contributed by atoms with Gasteiger partial charge in [0.2, 0.25) is 5.91 Å². The summed E-state index contributed by atoms with van der Waals surface area (Å²) in [7, 11) is 0. The van der Waals surface area contributed by atoms with Gasteiger partial charge < -0.3 is 10.4 Å². The Balaban J connectivity index is 2.37. The van der Waals surface area contributed by atoms with Crippen molar-refractivity contribution in [2.24, 2.45) is 5.92 Å². The lowest BCUT2D eigenvalue weighted by Crippen LogP contribution is -2.44. The first-order valence-electron chi connectivity index (χ1n) is 7.10. The standard InChI is InChI=1S/C16H23NO3/c1-3-12(2)15(16(19)20)17-14(18)11-7-10-13-8-5-4-6-9-13/h4-6,8-9,12,15H,3,7,10-11H2,1-2H3,(H,17,18)(H,19,20). The molecule has 2 atom stereocenters. The normalized spacial score (nSPS) is 13.5. The molecular formula is C16H23NO3. The average molecular weight is 277 g/mol. The van der Waals surface area contributed by atoms with E-state index in [2.05, 4.69) is 5.32 Å². The molecule has 0 heterocycles. The molecule has 0 saturated carbocycles. The van der Waals surface area contributed by atoms with Crippen molar-refractivity contribution in [3.63, 3.8) is 0 Å². The van der Waals surface area contributed by atoms with Crippen LogP contribution in [0.2, 0.25) is 0 Å². The van der Waals surface area contributed by atoms with Crippen molar-refractivity contribution in [3.05, 3.63) is 35.9 Å². The zero-order valence-corrected chi connectivity index (χ0v) is 12.1. The maximum Gasteiger partial charge on any atom is 0.326 e. The monoisotopic (exact) mass is 277 g/mol. The van der Waals surface area contributed by atoms with Gasteiger partial charge in [0.25, 0.3) is 0 Å². The number of aryl methyl sites for hydroxylation is 1. The first kappa shape index (κ1) is 16.2. The summed E-state index contributed by atoms with van der Waals surface area (Å²) in [4.78, 5) is 22.9. The minimum atomic E-state index is -0.962. The van der Waals surface area contributed by atoms with Crippen LogP contribution in [0.1, 0.15) is 38.7 Å². The molecule has 1 aromatic rings. The Kier molecular flexibility index (Phi) is 6.77. The quantitative estimate of drug-likeness (QED) is 0.767. The Hall–Kier alpha value is -1.84. The summed E-state index contributed by atoms with van der Waals surface area (Å²) in [6.45, 7) is 3.76. The lowest BCUT2D eigenvalue weighted by molar-refractivity contribution is -0.143. The third-order valence-electron chi connectivity index (χ3n) is 3.51. The highest BCUT2D eigenvalue weighted by Gasteiger charge is 2.24. The predicted molar refractivity (Wildman–Crippen MR) is 78.4 cm³/mol. The number of hydrogen-bond donors (Lipinski definition) is 2. The van der Waals surface area contributed by atoms with Crippen molar-refractivity contribution in [2.75, 3.05) is 0 Å². The van der Waals surface area contributed by atoms with Gasteiger partial charge in [-0.2, -0.15) is 0 Å². The number of benzene rings is 1. The average Bonchev–Trinajstić information content (AvgIpc) is 2.45. The van der Waals surface area contributed by atoms with Gasteiger partial charge in [-0.3, -0.25) is 4.79 Å². The summed E-state index contributed by atoms with van der Waals surface area (Å²) in [6.07, 6.45) is 2.63. The lowest BCUT2D eigenvalue weighted by Gasteiger charge is -2.20. The molecule has 1 aromatic carbocycles. The van der Waals surface area contributed by atoms with Gasteiger partial charge in [-0.25, -0.2) is 4.79 Å². The van der Waals surface area contributed by atoms with E-state index < -0.39 is 12.0 Å². The number of hydrogen-bond acceptors (Lipinski definition) is 2. The molecule has 0 aromatic heterocycles. The van der Waals surface area contributed by atoms with Crippen LogP contribution in [0.3, 0.4) is 0 Å². The Morgan fingerprint density at radius 1 is 1.25 bits per heavy atom. The Morgan fingerprint density at radius 3 is 2.45 bits per heavy atom. The summed E-state index contributed by atoms with van der Waals surface area (Å²) in [5.41, 5.74) is 1.19. The second-order valence-corrected chi connectivity index (χ2v) is 5.11. The zero-order valence-electron chi connectivity index (χ0n) is 12.1. The minimum Gasteiger partial charge on any atom is -0.480 e. The van der Waals surface area contributed by atoms with E-state index in [0.29, 0.717) is 6.42 Å². The van der Waals surface area contributed by atoms with Gasteiger partial charge in [0.05, 0.1) is 0 Å². The Bertz CT molecular complexity index is 431. The van der Waals surface area contributed by atoms with Crippen LogP contribution >= 0.6 is 0 Å². The van der Waals surface area contributed by atoms with Gasteiger partial charge in [-0.15, -0.1) is 0 Å². The summed E-state index contributed by atoms with van der Waals surface area (Å²) in [5.74, 6) is -1.21. The molecule has 0 fully saturated rings. The molecule has 1 amide bonds. The van der Waals surface area contributed by atoms with Crippen LogP contribution in [-0.4, -0.2) is 23.0 Å². The molecule has 20 heavy (non-hydrogen) atoms. The minimum absolute atomic E-state index is 0.0643. The van der Waals surface area contributed by atoms with Crippen LogP contribution < -0.4 is 5.32 Å². The van der Waals surface area contributed by atoms with E-state index in [-0.39, 0.29) is 11.8 Å². The Labute approximate surface area is 120 Å². The number of nitrogens with one attached hydrogen (secondary N) is 1. The summed E-state index contributed by atoms with van der Waals surface area (Å²) >= 11 is 0. The van der Waals surface area contributed by atoms with Crippen LogP contribution in [0.4, 0.5) is 0 Å². The van der Waals surface area contributed by atoms with E-state index in [1.807, 2.05) is 44.2 Å². The third-order valence-corrected chi connectivity index (χ3v) is 3.51. The zero-order chi connectivity index (χ0) is 15.0. The fraction of sp³-hybridized carbons (Fsp3) is 0.500. The first-order valence-corrected chi connectivity index (χ1v) is 7.10. The number of carboxylic acid groups (broad SMARTS) is 1. The molecule has 110 valence electrons. The number of carboxylic acids is 1. The van der Waals surface area contributed by atoms with Crippen molar-refractivity contribution in [1.29, 1.82) is 0 Å². The molecule has 2 N–H and O–H groups in total. The highest BCUT2D eigenvalue weighted by atomic mass is 16.4. The molecule has 0 aliphatic carbocycles. The van der Waals surface area contributed by atoms with Crippen molar-refractivity contribution < 1.29 is 14.7 Å². The molecule has 0 aliphatic rings. The summed E-state index contributed by atoms with van der Waals surface area (Å²) in [5, 5.41) is 11.7. The SMILES string of the molecule is CCC(C)C(NC(=O)CCCc1ccccc1)C(=O)O. The number of aliphatic carboxylic acids is 1. The van der Waals surface area contributed by atoms with Gasteiger partial charge in [-0.1, -0.05) is 50.6 Å². The van der Waals surface area contributed by atoms with Gasteiger partial charge in [0, 0.05) is 6.42 Å². The molecule has 0 aliphatic heterocycles. The number of amides is 1. The van der Waals surface area contributed by atoms with Gasteiger partial charge in [-0.05, 0) is 24.3 Å². The van der Waals surface area contributed by atoms with Crippen molar-refractivity contribution in [2.45, 2.75) is 45.6 Å². The molecule has 4 nitrogen and oxygen atoms in total. The predicted octanol–water partition coefficient (Wildman–Crippen LogP) is 2.62. The summed E-state index contributed by atoms with van der Waals surface area (Å²) in [6, 6.07) is 9.16. The van der Waals surface area contributed by atoms with Crippen LogP contribution in [0.5, 0.6) is 0 Å². The number of carbonyl (C=O) groups excluding carboxylic acids is 1. The molecule has 0 bridgehead atoms. The maximum absolute atomic E-state index is 11.8. The van der Waals surface area contributed by atoms with E-state index >= 15 is 0 Å². The second kappa shape index (κ2) is 8.35. The molecule has 4 heteroatoms. The topological polar surface area (TPSA) is 66.4 Å². The lowest BCUT2D eigenvalue weighted by atomic mass is 9.99. The van der Waals surface area contributed by atoms with E-state index in [9.17, 15) is 9.59 Å². The first-order chi connectivity index (χ1) is 9.54. The van der Waals surface area contributed by atoms with Crippen molar-refractivity contribution in [3.8, 4) is 0 Å². The molecule has 0 radical (unpaired) electrons. The fourth-order valence-electron chi connectivity index (χ4n) is 2.03.